The standard InChI is InChI=1S/C21H19N5O5S/c1-12(14-6-8-17(9-7-14)26(30)31)24-25-21-23-20(29)18(32-21)11-19(28)22-16-5-3-4-15(10-16)13(2)27/h3-10,18H,11H2,1-2H3,(H,22,28)(H,23,25,29)/b24-12-/t18-/m1/s1. The van der Waals surface area contributed by atoms with Crippen LogP contribution < -0.4 is 10.6 Å². The van der Waals surface area contributed by atoms with Crippen molar-refractivity contribution in [2.45, 2.75) is 25.5 Å². The van der Waals surface area contributed by atoms with E-state index in [2.05, 4.69) is 20.8 Å². The van der Waals surface area contributed by atoms with E-state index in [-0.39, 0.29) is 34.9 Å². The Hall–Kier alpha value is -3.86. The molecule has 1 heterocycles. The molecule has 1 saturated heterocycles. The van der Waals surface area contributed by atoms with Crippen molar-refractivity contribution in [1.82, 2.24) is 5.32 Å². The van der Waals surface area contributed by atoms with Crippen molar-refractivity contribution in [2.75, 3.05) is 5.32 Å². The smallest absolute Gasteiger partial charge is 0.269 e. The third-order valence-electron chi connectivity index (χ3n) is 4.49. The van der Waals surface area contributed by atoms with Crippen molar-refractivity contribution in [3.05, 3.63) is 69.8 Å². The zero-order chi connectivity index (χ0) is 23.3. The van der Waals surface area contributed by atoms with Gasteiger partial charge in [0.25, 0.3) is 5.69 Å². The van der Waals surface area contributed by atoms with Crippen LogP contribution in [0.5, 0.6) is 0 Å². The Kier molecular flexibility index (Phi) is 7.11. The highest BCUT2D eigenvalue weighted by Gasteiger charge is 2.32. The Labute approximate surface area is 187 Å². The summed E-state index contributed by atoms with van der Waals surface area (Å²) >= 11 is 1.09. The van der Waals surface area contributed by atoms with Gasteiger partial charge >= 0.3 is 0 Å². The van der Waals surface area contributed by atoms with Gasteiger partial charge in [0.2, 0.25) is 11.8 Å². The second-order valence-corrected chi connectivity index (χ2v) is 8.07. The first kappa shape index (κ1) is 22.8. The van der Waals surface area contributed by atoms with Crippen molar-refractivity contribution >= 4 is 51.6 Å². The van der Waals surface area contributed by atoms with Gasteiger partial charge in [-0.1, -0.05) is 23.9 Å². The molecule has 0 spiro atoms. The average molecular weight is 453 g/mol. The van der Waals surface area contributed by atoms with Gasteiger partial charge in [-0.3, -0.25) is 24.5 Å². The summed E-state index contributed by atoms with van der Waals surface area (Å²) in [5.74, 6) is -0.841. The van der Waals surface area contributed by atoms with E-state index in [9.17, 15) is 24.5 Å². The predicted octanol–water partition coefficient (Wildman–Crippen LogP) is 3.14. The monoisotopic (exact) mass is 453 g/mol. The number of non-ortho nitro benzene ring substituents is 1. The number of Topliss-reactive ketones (excluding diaryl/α,β-unsaturated/α-hetero) is 1. The maximum Gasteiger partial charge on any atom is 0.269 e. The number of hydrogen-bond acceptors (Lipinski definition) is 8. The molecule has 0 saturated carbocycles. The summed E-state index contributed by atoms with van der Waals surface area (Å²) in [6.45, 7) is 3.12. The molecule has 2 N–H and O–H groups in total. The topological polar surface area (TPSA) is 143 Å². The van der Waals surface area contributed by atoms with Crippen molar-refractivity contribution in [3.8, 4) is 0 Å². The number of rotatable bonds is 7. The fourth-order valence-corrected chi connectivity index (χ4v) is 3.70. The predicted molar refractivity (Wildman–Crippen MR) is 122 cm³/mol. The second kappa shape index (κ2) is 9.96. The summed E-state index contributed by atoms with van der Waals surface area (Å²) in [5.41, 5.74) is 2.09. The molecule has 1 aliphatic rings. The lowest BCUT2D eigenvalue weighted by atomic mass is 10.1. The maximum absolute atomic E-state index is 12.3. The van der Waals surface area contributed by atoms with Gasteiger partial charge in [-0.25, -0.2) is 0 Å². The van der Waals surface area contributed by atoms with Gasteiger partial charge < -0.3 is 10.6 Å². The Morgan fingerprint density at radius 3 is 2.53 bits per heavy atom. The first-order valence-electron chi connectivity index (χ1n) is 9.48. The minimum atomic E-state index is -0.667. The van der Waals surface area contributed by atoms with Gasteiger partial charge in [0.1, 0.15) is 5.25 Å². The van der Waals surface area contributed by atoms with E-state index in [4.69, 9.17) is 0 Å². The molecule has 0 unspecified atom stereocenters. The van der Waals surface area contributed by atoms with E-state index in [1.165, 1.54) is 19.1 Å². The van der Waals surface area contributed by atoms with Crippen LogP contribution in [0.1, 0.15) is 36.2 Å². The Balaban J connectivity index is 1.60. The summed E-state index contributed by atoms with van der Waals surface area (Å²) in [5, 5.41) is 23.7. The fraction of sp³-hybridized carbons (Fsp3) is 0.190. The number of anilines is 1. The van der Waals surface area contributed by atoms with E-state index in [1.807, 2.05) is 0 Å². The summed E-state index contributed by atoms with van der Waals surface area (Å²) in [4.78, 5) is 46.2. The van der Waals surface area contributed by atoms with E-state index in [0.29, 0.717) is 22.5 Å². The van der Waals surface area contributed by atoms with Gasteiger partial charge in [0.05, 0.1) is 10.6 Å². The van der Waals surface area contributed by atoms with Gasteiger partial charge in [-0.2, -0.15) is 5.10 Å². The maximum atomic E-state index is 12.3. The van der Waals surface area contributed by atoms with Crippen LogP contribution in [0.15, 0.2) is 58.7 Å². The highest BCUT2D eigenvalue weighted by atomic mass is 32.2. The zero-order valence-electron chi connectivity index (χ0n) is 17.2. The number of amidine groups is 1. The van der Waals surface area contributed by atoms with Crippen LogP contribution in [-0.2, 0) is 9.59 Å². The number of carbonyl (C=O) groups is 3. The van der Waals surface area contributed by atoms with Crippen LogP contribution in [0.25, 0.3) is 0 Å². The molecule has 0 aromatic heterocycles. The molecule has 0 aliphatic carbocycles. The molecule has 1 aliphatic heterocycles. The number of nitrogens with one attached hydrogen (secondary N) is 2. The number of amides is 2. The summed E-state index contributed by atoms with van der Waals surface area (Å²) < 4.78 is 0. The van der Waals surface area contributed by atoms with E-state index in [0.717, 1.165) is 11.8 Å². The molecule has 11 heteroatoms. The van der Waals surface area contributed by atoms with Gasteiger partial charge in [0.15, 0.2) is 11.0 Å². The van der Waals surface area contributed by atoms with Gasteiger partial charge in [-0.15, -0.1) is 5.10 Å². The minimum absolute atomic E-state index is 0.0272. The number of carbonyl (C=O) groups excluding carboxylic acids is 3. The largest absolute Gasteiger partial charge is 0.326 e. The third-order valence-corrected chi connectivity index (χ3v) is 5.56. The molecule has 0 radical (unpaired) electrons. The van der Waals surface area contributed by atoms with Crippen molar-refractivity contribution in [3.63, 3.8) is 0 Å². The van der Waals surface area contributed by atoms with Crippen LogP contribution >= 0.6 is 11.8 Å². The molecule has 1 atom stereocenters. The SMILES string of the molecule is CC(=O)c1cccc(NC(=O)C[C@H]2S/C(=N/N=C(/C)c3ccc([N+](=O)[O-])cc3)NC2=O)c1. The Morgan fingerprint density at radius 2 is 1.88 bits per heavy atom. The summed E-state index contributed by atoms with van der Waals surface area (Å²) in [6.07, 6.45) is -0.0785. The number of nitro benzene ring substituents is 1. The molecule has 2 aromatic rings. The van der Waals surface area contributed by atoms with Crippen molar-refractivity contribution in [1.29, 1.82) is 0 Å². The van der Waals surface area contributed by atoms with Crippen molar-refractivity contribution < 1.29 is 19.3 Å². The number of thioether (sulfide) groups is 1. The van der Waals surface area contributed by atoms with Crippen molar-refractivity contribution in [2.24, 2.45) is 10.2 Å². The molecule has 164 valence electrons. The van der Waals surface area contributed by atoms with Crippen LogP contribution in [0.2, 0.25) is 0 Å². The molecule has 32 heavy (non-hydrogen) atoms. The van der Waals surface area contributed by atoms with Crippen LogP contribution in [-0.4, -0.2) is 38.7 Å². The zero-order valence-corrected chi connectivity index (χ0v) is 18.0. The third kappa shape index (κ3) is 5.85. The average Bonchev–Trinajstić information content (AvgIpc) is 3.11. The molecule has 2 amide bonds. The molecule has 2 aromatic carbocycles. The minimum Gasteiger partial charge on any atom is -0.326 e. The fourth-order valence-electron chi connectivity index (χ4n) is 2.79. The molecular weight excluding hydrogens is 434 g/mol. The summed E-state index contributed by atoms with van der Waals surface area (Å²) in [7, 11) is 0. The van der Waals surface area contributed by atoms with E-state index in [1.54, 1.807) is 43.3 Å². The number of nitrogens with zero attached hydrogens (tertiary/aromatic N) is 3. The Morgan fingerprint density at radius 1 is 1.16 bits per heavy atom. The van der Waals surface area contributed by atoms with Crippen LogP contribution in [0, 0.1) is 10.1 Å². The van der Waals surface area contributed by atoms with Gasteiger partial charge in [0, 0.05) is 29.8 Å². The molecule has 3 rings (SSSR count). The van der Waals surface area contributed by atoms with Crippen LogP contribution in [0.4, 0.5) is 11.4 Å². The number of hydrogen-bond donors (Lipinski definition) is 2. The normalized spacial score (nSPS) is 17.2. The van der Waals surface area contributed by atoms with Crippen LogP contribution in [0.3, 0.4) is 0 Å². The molecule has 0 bridgehead atoms. The highest BCUT2D eigenvalue weighted by Crippen LogP contribution is 2.23. The van der Waals surface area contributed by atoms with Gasteiger partial charge in [-0.05, 0) is 43.7 Å². The number of ketones is 1. The number of benzene rings is 2. The number of nitro groups is 1. The first-order valence-corrected chi connectivity index (χ1v) is 10.4. The molecule has 1 fully saturated rings. The molecular formula is C21H19N5O5S. The lowest BCUT2D eigenvalue weighted by molar-refractivity contribution is -0.384. The highest BCUT2D eigenvalue weighted by molar-refractivity contribution is 8.15. The molecule has 10 nitrogen and oxygen atoms in total. The lowest BCUT2D eigenvalue weighted by Crippen LogP contribution is -2.28. The Bertz CT molecular complexity index is 1140. The quantitative estimate of drug-likeness (QED) is 0.285. The first-order chi connectivity index (χ1) is 15.2. The van der Waals surface area contributed by atoms with E-state index < -0.39 is 10.2 Å². The second-order valence-electron chi connectivity index (χ2n) is 6.88. The summed E-state index contributed by atoms with van der Waals surface area (Å²) in [6, 6.07) is 12.4. The lowest BCUT2D eigenvalue weighted by Gasteiger charge is -2.08. The van der Waals surface area contributed by atoms with E-state index >= 15 is 0 Å².